The Labute approximate surface area is 344 Å². The first-order valence-corrected chi connectivity index (χ1v) is 18.4. The van der Waals surface area contributed by atoms with Gasteiger partial charge in [0.2, 0.25) is 17.8 Å². The minimum absolute atomic E-state index is 0.106. The minimum Gasteiger partial charge on any atom is -0.445 e. The Morgan fingerprint density at radius 1 is 0.750 bits per heavy atom. The molecule has 0 aromatic heterocycles. The molecule has 5 rings (SSSR count). The summed E-state index contributed by atoms with van der Waals surface area (Å²) in [6.07, 6.45) is -3.23. The van der Waals surface area contributed by atoms with Crippen molar-refractivity contribution in [2.75, 3.05) is 26.2 Å². The van der Waals surface area contributed by atoms with Crippen LogP contribution in [-0.4, -0.2) is 109 Å². The Bertz CT molecular complexity index is 2150. The Hall–Kier alpha value is -7.37. The number of non-ortho nitro benzene ring substituents is 3. The van der Waals surface area contributed by atoms with E-state index in [0.717, 1.165) is 0 Å². The maximum atomic E-state index is 13.4. The van der Waals surface area contributed by atoms with Crippen LogP contribution in [0.5, 0.6) is 0 Å². The molecular weight excluding hydrogens is 815 g/mol. The molecule has 2 fully saturated rings. The third kappa shape index (κ3) is 11.8. The van der Waals surface area contributed by atoms with Gasteiger partial charge in [-0.3, -0.25) is 44.8 Å². The van der Waals surface area contributed by atoms with Gasteiger partial charge >= 0.3 is 18.3 Å². The molecule has 0 bridgehead atoms. The lowest BCUT2D eigenvalue weighted by Gasteiger charge is -2.41. The third-order valence-electron chi connectivity index (χ3n) is 9.15. The molecule has 2 atom stereocenters. The lowest BCUT2D eigenvalue weighted by molar-refractivity contribution is -0.385. The minimum atomic E-state index is -1.23. The van der Waals surface area contributed by atoms with Crippen molar-refractivity contribution in [1.82, 2.24) is 20.0 Å². The van der Waals surface area contributed by atoms with Gasteiger partial charge in [0.25, 0.3) is 17.1 Å². The molecule has 0 saturated carbocycles. The van der Waals surface area contributed by atoms with Crippen molar-refractivity contribution in [2.45, 2.75) is 50.0 Å². The van der Waals surface area contributed by atoms with E-state index in [9.17, 15) is 54.3 Å². The number of hydrogen-bond acceptors (Lipinski definition) is 15. The number of nitrogens with one attached hydrogen (secondary N) is 1. The predicted octanol–water partition coefficient (Wildman–Crippen LogP) is 3.43. The Kier molecular flexibility index (Phi) is 14.5. The number of nitro benzene ring substituents is 3. The van der Waals surface area contributed by atoms with E-state index >= 15 is 0 Å². The van der Waals surface area contributed by atoms with E-state index in [1.54, 1.807) is 0 Å². The molecule has 0 radical (unpaired) electrons. The second-order valence-electron chi connectivity index (χ2n) is 13.4. The van der Waals surface area contributed by atoms with Gasteiger partial charge < -0.3 is 30.2 Å². The maximum Gasteiger partial charge on any atom is 0.437 e. The Morgan fingerprint density at radius 2 is 1.22 bits per heavy atom. The van der Waals surface area contributed by atoms with E-state index in [4.69, 9.17) is 19.9 Å². The fourth-order valence-corrected chi connectivity index (χ4v) is 6.32. The molecule has 24 heteroatoms. The number of nitrogens with zero attached hydrogens (tertiary/aromatic N) is 7. The molecule has 3 aromatic rings. The van der Waals surface area contributed by atoms with Gasteiger partial charge in [0.15, 0.2) is 0 Å². The van der Waals surface area contributed by atoms with Crippen molar-refractivity contribution in [2.24, 2.45) is 10.7 Å². The fourth-order valence-electron chi connectivity index (χ4n) is 5.95. The Balaban J connectivity index is 1.13. The standard InChI is InChI=1S/C36H37N9O14S/c37-33(39-34(48)57-19-22-1-7-26(8-2-22)43(51)52)41(35(49)58-20-23-3-9-27(10-4-23)44(53)54)14-13-31(46)38-25-16-40(17-25)32(47)30-15-29(60)18-42(30)36(50)59-21-24-5-11-28(12-6-24)45(55)56/h1-12,25,29-30,60H,13-21H2,(H,38,46)(H2,37,39,48)/t29-,30-/m0/s1. The molecule has 3 aromatic carbocycles. The van der Waals surface area contributed by atoms with E-state index in [2.05, 4.69) is 22.9 Å². The highest BCUT2D eigenvalue weighted by Crippen LogP contribution is 2.27. The summed E-state index contributed by atoms with van der Waals surface area (Å²) in [6, 6.07) is 14.4. The summed E-state index contributed by atoms with van der Waals surface area (Å²) in [5.74, 6) is -1.64. The molecule has 0 spiro atoms. The van der Waals surface area contributed by atoms with Gasteiger partial charge in [-0.25, -0.2) is 19.3 Å². The van der Waals surface area contributed by atoms with E-state index in [1.807, 2.05) is 0 Å². The van der Waals surface area contributed by atoms with Gasteiger partial charge in [-0.1, -0.05) is 0 Å². The fraction of sp³-hybridized carbons (Fsp3) is 0.333. The van der Waals surface area contributed by atoms with E-state index in [0.29, 0.717) is 21.6 Å². The molecule has 2 heterocycles. The van der Waals surface area contributed by atoms with Crippen molar-refractivity contribution in [3.8, 4) is 0 Å². The lowest BCUT2D eigenvalue weighted by Crippen LogP contribution is -2.64. The van der Waals surface area contributed by atoms with Crippen LogP contribution in [0.1, 0.15) is 29.5 Å². The quantitative estimate of drug-likeness (QED) is 0.0523. The van der Waals surface area contributed by atoms with Gasteiger partial charge in [-0.15, -0.1) is 4.99 Å². The van der Waals surface area contributed by atoms with Crippen molar-refractivity contribution >= 4 is 65.7 Å². The number of nitrogens with two attached hydrogens (primary N) is 1. The normalized spacial score (nSPS) is 16.2. The topological polar surface area (TPSA) is 303 Å². The molecule has 316 valence electrons. The van der Waals surface area contributed by atoms with Gasteiger partial charge in [-0.2, -0.15) is 12.6 Å². The largest absolute Gasteiger partial charge is 0.445 e. The molecule has 23 nitrogen and oxygen atoms in total. The summed E-state index contributed by atoms with van der Waals surface area (Å²) in [7, 11) is 0. The number of ether oxygens (including phenoxy) is 3. The summed E-state index contributed by atoms with van der Waals surface area (Å²) in [5.41, 5.74) is 6.78. The van der Waals surface area contributed by atoms with Crippen LogP contribution < -0.4 is 11.1 Å². The zero-order valence-corrected chi connectivity index (χ0v) is 32.3. The molecule has 2 aliphatic rings. The number of guanidine groups is 1. The van der Waals surface area contributed by atoms with Crippen LogP contribution in [0.3, 0.4) is 0 Å². The van der Waals surface area contributed by atoms with Crippen LogP contribution in [0.15, 0.2) is 77.8 Å². The number of benzene rings is 3. The number of amides is 5. The maximum absolute atomic E-state index is 13.4. The Morgan fingerprint density at radius 3 is 1.70 bits per heavy atom. The van der Waals surface area contributed by atoms with Crippen molar-refractivity contribution in [3.05, 3.63) is 120 Å². The molecule has 2 aliphatic heterocycles. The molecule has 2 saturated heterocycles. The average Bonchev–Trinajstić information content (AvgIpc) is 3.61. The number of carbonyl (C=O) groups excluding carboxylic acids is 5. The highest BCUT2D eigenvalue weighted by Gasteiger charge is 2.44. The number of hydrogen-bond donors (Lipinski definition) is 3. The predicted molar refractivity (Wildman–Crippen MR) is 209 cm³/mol. The first-order valence-electron chi connectivity index (χ1n) is 17.9. The third-order valence-corrected chi connectivity index (χ3v) is 9.52. The van der Waals surface area contributed by atoms with E-state index < -0.39 is 63.5 Å². The van der Waals surface area contributed by atoms with Crippen LogP contribution >= 0.6 is 12.6 Å². The highest BCUT2D eigenvalue weighted by molar-refractivity contribution is 7.81. The smallest absolute Gasteiger partial charge is 0.437 e. The SMILES string of the molecule is NC(=NC(=O)OCc1ccc([N+](=O)[O-])cc1)N(CCC(=O)NC1CN(C(=O)[C@@H]2C[C@H](S)CN2C(=O)OCc2ccc([N+](=O)[O-])cc2)C1)C(=O)OCc1ccc([N+](=O)[O-])cc1. The zero-order chi connectivity index (χ0) is 43.5. The van der Waals surface area contributed by atoms with E-state index in [-0.39, 0.29) is 80.5 Å². The molecular formula is C36H37N9O14S. The van der Waals surface area contributed by atoms with Gasteiger partial charge in [0.1, 0.15) is 25.9 Å². The molecule has 0 unspecified atom stereocenters. The molecule has 5 amide bonds. The average molecular weight is 852 g/mol. The molecule has 0 aliphatic carbocycles. The van der Waals surface area contributed by atoms with Gasteiger partial charge in [0, 0.05) is 74.2 Å². The highest BCUT2D eigenvalue weighted by atomic mass is 32.1. The summed E-state index contributed by atoms with van der Waals surface area (Å²) in [4.78, 5) is 103. The van der Waals surface area contributed by atoms with Gasteiger partial charge in [-0.05, 0) is 59.5 Å². The van der Waals surface area contributed by atoms with Crippen molar-refractivity contribution < 1.29 is 53.0 Å². The first kappa shape index (κ1) is 43.7. The number of thiol groups is 1. The van der Waals surface area contributed by atoms with Crippen molar-refractivity contribution in [1.29, 1.82) is 0 Å². The van der Waals surface area contributed by atoms with Crippen LogP contribution in [0.2, 0.25) is 0 Å². The summed E-state index contributed by atoms with van der Waals surface area (Å²) >= 11 is 4.45. The summed E-state index contributed by atoms with van der Waals surface area (Å²) in [6.45, 7) is -0.970. The summed E-state index contributed by atoms with van der Waals surface area (Å²) in [5, 5.41) is 35.2. The van der Waals surface area contributed by atoms with Crippen LogP contribution in [0, 0.1) is 30.3 Å². The number of aliphatic imine (C=N–C) groups is 1. The van der Waals surface area contributed by atoms with Gasteiger partial charge in [0.05, 0.1) is 20.8 Å². The number of nitro groups is 3. The van der Waals surface area contributed by atoms with E-state index in [1.165, 1.54) is 82.6 Å². The monoisotopic (exact) mass is 851 g/mol. The summed E-state index contributed by atoms with van der Waals surface area (Å²) < 4.78 is 15.7. The van der Waals surface area contributed by atoms with Crippen LogP contribution in [0.4, 0.5) is 31.4 Å². The first-order chi connectivity index (χ1) is 28.6. The zero-order valence-electron chi connectivity index (χ0n) is 31.4. The second kappa shape index (κ2) is 19.9. The lowest BCUT2D eigenvalue weighted by atomic mass is 10.1. The number of likely N-dealkylation sites (tertiary alicyclic amines) is 2. The van der Waals surface area contributed by atoms with Crippen LogP contribution in [-0.2, 0) is 43.6 Å². The number of rotatable bonds is 14. The van der Waals surface area contributed by atoms with Crippen LogP contribution in [0.25, 0.3) is 0 Å². The molecule has 3 N–H and O–H groups in total. The molecule has 60 heavy (non-hydrogen) atoms. The number of carbonyl (C=O) groups is 5. The second-order valence-corrected chi connectivity index (χ2v) is 14.1. The van der Waals surface area contributed by atoms with Crippen molar-refractivity contribution in [3.63, 3.8) is 0 Å².